The lowest BCUT2D eigenvalue weighted by Gasteiger charge is -2.06. The molecule has 6 nitrogen and oxygen atoms in total. The summed E-state index contributed by atoms with van der Waals surface area (Å²) in [5, 5.41) is 0.770. The third-order valence-electron chi connectivity index (χ3n) is 4.69. The van der Waals surface area contributed by atoms with E-state index < -0.39 is 12.6 Å². The molecule has 4 aromatic rings. The maximum atomic E-state index is 13.0. The average Bonchev–Trinajstić information content (AvgIpc) is 3.38. The van der Waals surface area contributed by atoms with Gasteiger partial charge >= 0.3 is 5.97 Å². The van der Waals surface area contributed by atoms with E-state index in [-0.39, 0.29) is 17.3 Å². The Morgan fingerprint density at radius 2 is 1.69 bits per heavy atom. The molecule has 0 bridgehead atoms. The van der Waals surface area contributed by atoms with Crippen LogP contribution in [0.15, 0.2) is 66.9 Å². The quantitative estimate of drug-likeness (QED) is 0.379. The van der Waals surface area contributed by atoms with Gasteiger partial charge in [-0.1, -0.05) is 48.5 Å². The fraction of sp³-hybridized carbons (Fsp3) is 0.0870. The highest BCUT2D eigenvalue weighted by molar-refractivity contribution is 6.14. The molecule has 0 spiro atoms. The van der Waals surface area contributed by atoms with Crippen molar-refractivity contribution in [3.63, 3.8) is 0 Å². The summed E-state index contributed by atoms with van der Waals surface area (Å²) < 4.78 is 5.20. The van der Waals surface area contributed by atoms with Crippen LogP contribution >= 0.6 is 0 Å². The third kappa shape index (κ3) is 3.60. The van der Waals surface area contributed by atoms with Crippen molar-refractivity contribution in [2.75, 3.05) is 6.61 Å². The highest BCUT2D eigenvalue weighted by Crippen LogP contribution is 2.30. The molecule has 0 aliphatic rings. The summed E-state index contributed by atoms with van der Waals surface area (Å²) in [6, 6.07) is 18.4. The second-order valence-corrected chi connectivity index (χ2v) is 6.64. The number of hydrogen-bond donors (Lipinski definition) is 2. The van der Waals surface area contributed by atoms with Gasteiger partial charge in [0.1, 0.15) is 5.69 Å². The number of H-pyrrole nitrogens is 2. The number of rotatable bonds is 6. The highest BCUT2D eigenvalue weighted by Gasteiger charge is 2.21. The molecule has 0 fully saturated rings. The Morgan fingerprint density at radius 1 is 0.966 bits per heavy atom. The van der Waals surface area contributed by atoms with Crippen LogP contribution in [0.2, 0.25) is 0 Å². The topological polar surface area (TPSA) is 92.0 Å². The van der Waals surface area contributed by atoms with Crippen molar-refractivity contribution in [3.8, 4) is 11.3 Å². The molecule has 0 saturated heterocycles. The van der Waals surface area contributed by atoms with Crippen molar-refractivity contribution >= 4 is 28.4 Å². The van der Waals surface area contributed by atoms with Gasteiger partial charge in [-0.2, -0.15) is 0 Å². The van der Waals surface area contributed by atoms with Crippen molar-refractivity contribution in [1.82, 2.24) is 9.97 Å². The number of ketones is 2. The molecule has 0 atom stereocenters. The van der Waals surface area contributed by atoms with E-state index in [1.54, 1.807) is 0 Å². The predicted octanol–water partition coefficient (Wildman–Crippen LogP) is 4.41. The van der Waals surface area contributed by atoms with Gasteiger partial charge in [-0.3, -0.25) is 9.59 Å². The zero-order valence-electron chi connectivity index (χ0n) is 15.7. The van der Waals surface area contributed by atoms with Crippen LogP contribution in [0, 0.1) is 0 Å². The first-order chi connectivity index (χ1) is 14.0. The van der Waals surface area contributed by atoms with E-state index in [0.717, 1.165) is 16.5 Å². The van der Waals surface area contributed by atoms with E-state index in [1.807, 2.05) is 54.6 Å². The van der Waals surface area contributed by atoms with Gasteiger partial charge in [0.25, 0.3) is 0 Å². The van der Waals surface area contributed by atoms with Crippen molar-refractivity contribution in [3.05, 3.63) is 83.7 Å². The Bertz CT molecular complexity index is 1220. The molecule has 0 radical (unpaired) electrons. The summed E-state index contributed by atoms with van der Waals surface area (Å²) >= 11 is 0. The Kier molecular flexibility index (Phi) is 4.83. The van der Waals surface area contributed by atoms with Crippen LogP contribution < -0.4 is 0 Å². The van der Waals surface area contributed by atoms with E-state index in [9.17, 15) is 14.4 Å². The average molecular weight is 386 g/mol. The number of carbonyl (C=O) groups excluding carboxylic acids is 3. The van der Waals surface area contributed by atoms with Crippen LogP contribution in [-0.4, -0.2) is 34.1 Å². The molecule has 29 heavy (non-hydrogen) atoms. The van der Waals surface area contributed by atoms with Crippen molar-refractivity contribution in [2.45, 2.75) is 6.92 Å². The van der Waals surface area contributed by atoms with Crippen molar-refractivity contribution in [1.29, 1.82) is 0 Å². The van der Waals surface area contributed by atoms with E-state index in [1.165, 1.54) is 19.2 Å². The first kappa shape index (κ1) is 18.4. The number of para-hydroxylation sites is 1. The second-order valence-electron chi connectivity index (χ2n) is 6.64. The maximum Gasteiger partial charge on any atom is 0.355 e. The van der Waals surface area contributed by atoms with Gasteiger partial charge < -0.3 is 14.7 Å². The normalized spacial score (nSPS) is 10.8. The predicted molar refractivity (Wildman–Crippen MR) is 109 cm³/mol. The minimum atomic E-state index is -0.688. The first-order valence-electron chi connectivity index (χ1n) is 9.10. The number of aromatic nitrogens is 2. The lowest BCUT2D eigenvalue weighted by atomic mass is 10.0. The van der Waals surface area contributed by atoms with Gasteiger partial charge in [0, 0.05) is 22.7 Å². The van der Waals surface area contributed by atoms with E-state index in [2.05, 4.69) is 9.97 Å². The smallest absolute Gasteiger partial charge is 0.355 e. The molecule has 0 aliphatic heterocycles. The second kappa shape index (κ2) is 7.59. The molecule has 0 unspecified atom stereocenters. The monoisotopic (exact) mass is 386 g/mol. The van der Waals surface area contributed by atoms with Crippen LogP contribution in [0.25, 0.3) is 22.2 Å². The molecule has 2 aromatic carbocycles. The van der Waals surface area contributed by atoms with Gasteiger partial charge in [-0.15, -0.1) is 0 Å². The molecule has 0 amide bonds. The molecular formula is C23H18N2O4. The molecule has 2 N–H and O–H groups in total. The zero-order valence-corrected chi connectivity index (χ0v) is 15.7. The number of hydrogen-bond acceptors (Lipinski definition) is 4. The largest absolute Gasteiger partial charge is 0.453 e. The van der Waals surface area contributed by atoms with Gasteiger partial charge in [-0.25, -0.2) is 4.79 Å². The highest BCUT2D eigenvalue weighted by atomic mass is 16.5. The summed E-state index contributed by atoms with van der Waals surface area (Å²) in [7, 11) is 0. The summed E-state index contributed by atoms with van der Waals surface area (Å²) in [5.74, 6) is -1.16. The minimum absolute atomic E-state index is 0.130. The van der Waals surface area contributed by atoms with Gasteiger partial charge in [0.05, 0.1) is 11.3 Å². The molecule has 2 aromatic heterocycles. The van der Waals surface area contributed by atoms with Crippen LogP contribution in [0.5, 0.6) is 0 Å². The minimum Gasteiger partial charge on any atom is -0.453 e. The number of Topliss-reactive ketones (excluding diaryl/α,β-unsaturated/α-hetero) is 2. The Balaban J connectivity index is 1.61. The van der Waals surface area contributed by atoms with Crippen LogP contribution in [0.3, 0.4) is 0 Å². The Hall–Kier alpha value is -3.93. The first-order valence-corrected chi connectivity index (χ1v) is 9.10. The standard InChI is InChI=1S/C23H18N2O4/c1-14(26)16-11-19(24-12-16)23(28)29-13-20(27)21-17-9-5-6-10-18(17)25-22(21)15-7-3-2-4-8-15/h2-12,24-25H,13H2,1H3. The van der Waals surface area contributed by atoms with Gasteiger partial charge in [0.15, 0.2) is 12.4 Å². The number of benzene rings is 2. The van der Waals surface area contributed by atoms with Crippen LogP contribution in [0.4, 0.5) is 0 Å². The molecule has 2 heterocycles. The van der Waals surface area contributed by atoms with Crippen LogP contribution in [-0.2, 0) is 4.74 Å². The number of carbonyl (C=O) groups is 3. The summed E-state index contributed by atoms with van der Waals surface area (Å²) in [4.78, 5) is 42.6. The lowest BCUT2D eigenvalue weighted by Crippen LogP contribution is -2.15. The van der Waals surface area contributed by atoms with Crippen LogP contribution in [0.1, 0.15) is 38.1 Å². The molecular weight excluding hydrogens is 368 g/mol. The third-order valence-corrected chi connectivity index (χ3v) is 4.69. The molecule has 0 saturated carbocycles. The zero-order chi connectivity index (χ0) is 20.4. The number of ether oxygens (including phenoxy) is 1. The summed E-state index contributed by atoms with van der Waals surface area (Å²) in [6.07, 6.45) is 1.44. The van der Waals surface area contributed by atoms with Gasteiger partial charge in [-0.05, 0) is 24.6 Å². The van der Waals surface area contributed by atoms with E-state index in [4.69, 9.17) is 4.74 Å². The summed E-state index contributed by atoms with van der Waals surface area (Å²) in [6.45, 7) is 0.999. The Morgan fingerprint density at radius 3 is 2.41 bits per heavy atom. The maximum absolute atomic E-state index is 13.0. The fourth-order valence-electron chi connectivity index (χ4n) is 3.25. The molecule has 4 rings (SSSR count). The summed E-state index contributed by atoms with van der Waals surface area (Å²) in [5.41, 5.74) is 3.38. The molecule has 144 valence electrons. The van der Waals surface area contributed by atoms with Gasteiger partial charge in [0.2, 0.25) is 5.78 Å². The number of fused-ring (bicyclic) bond motifs is 1. The SMILES string of the molecule is CC(=O)c1c[nH]c(C(=O)OCC(=O)c2c(-c3ccccc3)[nH]c3ccccc23)c1. The Labute approximate surface area is 166 Å². The number of nitrogens with one attached hydrogen (secondary N) is 2. The van der Waals surface area contributed by atoms with Crippen molar-refractivity contribution < 1.29 is 19.1 Å². The van der Waals surface area contributed by atoms with E-state index >= 15 is 0 Å². The number of esters is 1. The molecule has 6 heteroatoms. The number of aromatic amines is 2. The fourth-order valence-corrected chi connectivity index (χ4v) is 3.25. The lowest BCUT2D eigenvalue weighted by molar-refractivity contribution is 0.0470. The van der Waals surface area contributed by atoms with E-state index in [0.29, 0.717) is 16.8 Å². The van der Waals surface area contributed by atoms with Crippen molar-refractivity contribution in [2.24, 2.45) is 0 Å². The molecule has 0 aliphatic carbocycles.